The lowest BCUT2D eigenvalue weighted by Gasteiger charge is -2.49. The van der Waals surface area contributed by atoms with Crippen LogP contribution in [-0.2, 0) is 106 Å². The number of aromatic amines is 1. The summed E-state index contributed by atoms with van der Waals surface area (Å²) in [6.07, 6.45) is 1.47. The van der Waals surface area contributed by atoms with Gasteiger partial charge < -0.3 is 67.1 Å². The van der Waals surface area contributed by atoms with Gasteiger partial charge in [0.2, 0.25) is 5.91 Å². The first-order chi connectivity index (χ1) is 37.7. The largest absolute Gasteiger partial charge is 0.467 e. The maximum Gasteiger partial charge on any atom is 0.328 e. The number of esters is 8. The average Bonchev–Trinajstić information content (AvgIpc) is 3.89. The highest BCUT2D eigenvalue weighted by Crippen LogP contribution is 2.36. The number of para-hydroxylation sites is 1. The number of nitrogens with one attached hydrogen (secondary N) is 2. The maximum absolute atomic E-state index is 12.8. The summed E-state index contributed by atoms with van der Waals surface area (Å²) in [5, 5.41) is 3.86. The number of hydrogen-bond donors (Lipinski definition) is 2. The molecular formula is C56H80N2O21. The van der Waals surface area contributed by atoms with Gasteiger partial charge in [-0.3, -0.25) is 38.4 Å². The molecule has 0 radical (unpaired) electrons. The van der Waals surface area contributed by atoms with Gasteiger partial charge in [-0.25, -0.2) is 4.79 Å². The highest BCUT2D eigenvalue weighted by molar-refractivity contribution is 5.87. The standard InChI is InChI=1S/C56H80N2O21/c1-33(25-21-19-17-15-13-11-10-12-14-16-18-20-22-28-47(66)58-44(54(67)68-9)29-41-30-57-43-27-24-23-26-42(41)43)71-55-53(51(75-39(7)64)49(73-37(5)62)45(77-55)31-69-34(2)59)79-56-52(76-40(8)65)50(74-38(6)63)48(72-36(4)61)46(78-56)32-70-35(3)60/h10-11,23-24,26-27,30,33,44-46,48-53,55-57H,12-22,25,28-29,31-32H2,1-9H3,(H,58,66)/b11-10-. The van der Waals surface area contributed by atoms with E-state index in [1.54, 1.807) is 6.92 Å². The Morgan fingerprint density at radius 2 is 1.06 bits per heavy atom. The molecule has 2 N–H and O–H groups in total. The second-order valence-electron chi connectivity index (χ2n) is 19.6. The highest BCUT2D eigenvalue weighted by atomic mass is 16.8. The summed E-state index contributed by atoms with van der Waals surface area (Å²) in [4.78, 5) is 115. The van der Waals surface area contributed by atoms with Crippen molar-refractivity contribution < 1.29 is 100.0 Å². The Labute approximate surface area is 461 Å². The number of rotatable bonds is 32. The van der Waals surface area contributed by atoms with E-state index in [1.165, 1.54) is 7.11 Å². The fourth-order valence-electron chi connectivity index (χ4n) is 9.36. The van der Waals surface area contributed by atoms with Crippen LogP contribution in [0.3, 0.4) is 0 Å². The topological polar surface area (TPSA) is 292 Å². The number of ether oxygens (including phenoxy) is 12. The molecule has 1 aromatic heterocycles. The smallest absolute Gasteiger partial charge is 0.328 e. The van der Waals surface area contributed by atoms with Gasteiger partial charge in [-0.2, -0.15) is 0 Å². The van der Waals surface area contributed by atoms with Crippen molar-refractivity contribution in [3.63, 3.8) is 0 Å². The molecule has 4 rings (SSSR count). The molecule has 1 aromatic carbocycles. The number of allylic oxidation sites excluding steroid dienone is 2. The monoisotopic (exact) mass is 1120 g/mol. The lowest BCUT2D eigenvalue weighted by molar-refractivity contribution is -0.372. The Kier molecular flexibility index (Phi) is 27.9. The van der Waals surface area contributed by atoms with E-state index in [4.69, 9.17) is 56.8 Å². The van der Waals surface area contributed by atoms with Gasteiger partial charge in [0.05, 0.1) is 13.2 Å². The number of methoxy groups -OCH3 is 1. The number of H-pyrrole nitrogens is 1. The third-order valence-electron chi connectivity index (χ3n) is 12.8. The minimum Gasteiger partial charge on any atom is -0.467 e. The zero-order chi connectivity index (χ0) is 58.0. The SMILES string of the molecule is COC(=O)C(Cc1c[nH]c2ccccc12)NC(=O)CCCCCCC/C=C\CCCCCCC(C)OC1OC(COC(C)=O)C(OC(C)=O)C(OC(C)=O)C1OC1OC(COC(C)=O)C(OC(C)=O)C(OC(C)=O)C1OC(C)=O. The van der Waals surface area contributed by atoms with Crippen LogP contribution in [0, 0.1) is 0 Å². The lowest BCUT2D eigenvalue weighted by atomic mass is 9.96. The van der Waals surface area contributed by atoms with Gasteiger partial charge in [0.25, 0.3) is 0 Å². The van der Waals surface area contributed by atoms with Gasteiger partial charge in [0.15, 0.2) is 49.2 Å². The van der Waals surface area contributed by atoms with E-state index < -0.39 is 135 Å². The van der Waals surface area contributed by atoms with Crippen molar-refractivity contribution in [3.8, 4) is 0 Å². The van der Waals surface area contributed by atoms with E-state index in [2.05, 4.69) is 22.5 Å². The summed E-state index contributed by atoms with van der Waals surface area (Å²) < 4.78 is 69.0. The molecule has 0 aliphatic carbocycles. The predicted octanol–water partition coefficient (Wildman–Crippen LogP) is 6.02. The second-order valence-corrected chi connectivity index (χ2v) is 19.6. The van der Waals surface area contributed by atoms with Crippen molar-refractivity contribution >= 4 is 64.6 Å². The third kappa shape index (κ3) is 22.7. The molecule has 0 spiro atoms. The van der Waals surface area contributed by atoms with Crippen LogP contribution in [0.4, 0.5) is 0 Å². The normalized spacial score (nSPS) is 23.6. The molecule has 2 aliphatic heterocycles. The van der Waals surface area contributed by atoms with E-state index in [9.17, 15) is 43.2 Å². The molecule has 0 bridgehead atoms. The van der Waals surface area contributed by atoms with Crippen LogP contribution in [0.2, 0.25) is 0 Å². The summed E-state index contributed by atoms with van der Waals surface area (Å²) >= 11 is 0. The van der Waals surface area contributed by atoms with E-state index >= 15 is 0 Å². The summed E-state index contributed by atoms with van der Waals surface area (Å²) in [7, 11) is 1.32. The lowest BCUT2D eigenvalue weighted by Crippen LogP contribution is -2.67. The second kappa shape index (κ2) is 33.9. The number of fused-ring (bicyclic) bond motifs is 1. The quantitative estimate of drug-likeness (QED) is 0.0366. The van der Waals surface area contributed by atoms with Gasteiger partial charge in [-0.05, 0) is 57.1 Å². The van der Waals surface area contributed by atoms with Gasteiger partial charge in [-0.15, -0.1) is 0 Å². The summed E-state index contributed by atoms with van der Waals surface area (Å²) in [5.41, 5.74) is 1.89. The minimum absolute atomic E-state index is 0.176. The zero-order valence-electron chi connectivity index (χ0n) is 46.9. The minimum atomic E-state index is -1.79. The zero-order valence-corrected chi connectivity index (χ0v) is 46.9. The van der Waals surface area contributed by atoms with Crippen LogP contribution in [0.25, 0.3) is 10.9 Å². The van der Waals surface area contributed by atoms with Crippen LogP contribution in [-0.4, -0.2) is 153 Å². The van der Waals surface area contributed by atoms with E-state index in [0.29, 0.717) is 19.3 Å². The number of carbonyl (C=O) groups is 9. The summed E-state index contributed by atoms with van der Waals surface area (Å²) in [6, 6.07) is 7.02. The van der Waals surface area contributed by atoms with E-state index in [0.717, 1.165) is 136 Å². The number of hydrogen-bond acceptors (Lipinski definition) is 21. The van der Waals surface area contributed by atoms with Crippen LogP contribution in [0.5, 0.6) is 0 Å². The van der Waals surface area contributed by atoms with Gasteiger partial charge >= 0.3 is 47.8 Å². The third-order valence-corrected chi connectivity index (χ3v) is 12.8. The Balaban J connectivity index is 1.31. The fraction of sp³-hybridized carbons (Fsp3) is 0.661. The van der Waals surface area contributed by atoms with Crippen molar-refractivity contribution in [3.05, 3.63) is 48.2 Å². The summed E-state index contributed by atoms with van der Waals surface area (Å²) in [6.45, 7) is 8.40. The van der Waals surface area contributed by atoms with Crippen molar-refractivity contribution in [2.75, 3.05) is 20.3 Å². The van der Waals surface area contributed by atoms with Crippen molar-refractivity contribution in [1.82, 2.24) is 10.3 Å². The first-order valence-corrected chi connectivity index (χ1v) is 27.0. The van der Waals surface area contributed by atoms with Crippen LogP contribution in [0.1, 0.15) is 144 Å². The molecule has 3 heterocycles. The van der Waals surface area contributed by atoms with Crippen LogP contribution >= 0.6 is 0 Å². The van der Waals surface area contributed by atoms with Gasteiger partial charge in [0.1, 0.15) is 31.5 Å². The number of amides is 1. The molecule has 23 heteroatoms. The molecule has 23 nitrogen and oxygen atoms in total. The first-order valence-electron chi connectivity index (χ1n) is 27.0. The van der Waals surface area contributed by atoms with E-state index in [-0.39, 0.29) is 5.91 Å². The molecule has 2 saturated heterocycles. The first kappa shape index (κ1) is 65.1. The molecule has 440 valence electrons. The molecule has 79 heavy (non-hydrogen) atoms. The number of benzene rings is 1. The molecule has 2 fully saturated rings. The molecule has 0 saturated carbocycles. The number of unbranched alkanes of at least 4 members (excludes halogenated alkanes) is 9. The van der Waals surface area contributed by atoms with E-state index in [1.807, 2.05) is 30.5 Å². The maximum atomic E-state index is 12.8. The predicted molar refractivity (Wildman–Crippen MR) is 279 cm³/mol. The molecule has 12 unspecified atom stereocenters. The number of aromatic nitrogens is 1. The highest BCUT2D eigenvalue weighted by Gasteiger charge is 2.58. The van der Waals surface area contributed by atoms with Crippen molar-refractivity contribution in [2.24, 2.45) is 0 Å². The van der Waals surface area contributed by atoms with Gasteiger partial charge in [0, 0.05) is 78.4 Å². The molecule has 2 aromatic rings. The van der Waals surface area contributed by atoms with Crippen molar-refractivity contribution in [2.45, 2.75) is 219 Å². The van der Waals surface area contributed by atoms with Crippen LogP contribution < -0.4 is 5.32 Å². The van der Waals surface area contributed by atoms with Gasteiger partial charge in [-0.1, -0.05) is 68.9 Å². The van der Waals surface area contributed by atoms with Crippen LogP contribution in [0.15, 0.2) is 42.6 Å². The number of carbonyl (C=O) groups excluding carboxylic acids is 9. The fourth-order valence-corrected chi connectivity index (χ4v) is 9.36. The Morgan fingerprint density at radius 1 is 0.582 bits per heavy atom. The summed E-state index contributed by atoms with van der Waals surface area (Å²) in [5.74, 6) is -6.42. The Hall–Kier alpha value is -6.43. The molecule has 1 amide bonds. The Bertz CT molecular complexity index is 2350. The molecule has 12 atom stereocenters. The Morgan fingerprint density at radius 3 is 1.61 bits per heavy atom. The molecule has 2 aliphatic rings. The average molecular weight is 1120 g/mol. The van der Waals surface area contributed by atoms with Crippen molar-refractivity contribution in [1.29, 1.82) is 0 Å². The molecular weight excluding hydrogens is 1040 g/mol.